The third kappa shape index (κ3) is 4.40. The van der Waals surface area contributed by atoms with E-state index >= 15 is 4.11 Å². The summed E-state index contributed by atoms with van der Waals surface area (Å²) in [6, 6.07) is 13.0. The maximum atomic E-state index is 15.6. The van der Waals surface area contributed by atoms with Crippen LogP contribution in [0, 0.1) is 5.92 Å². The van der Waals surface area contributed by atoms with Crippen LogP contribution < -0.4 is 15.1 Å². The third-order valence-corrected chi connectivity index (χ3v) is 10.7. The summed E-state index contributed by atoms with van der Waals surface area (Å²) in [6.45, 7) is 7.00. The molecule has 3 aliphatic rings. The molecule has 10 heteroatoms. The van der Waals surface area contributed by atoms with Crippen molar-refractivity contribution >= 4 is 43.2 Å². The molecule has 0 saturated carbocycles. The van der Waals surface area contributed by atoms with Gasteiger partial charge in [0.1, 0.15) is 0 Å². The van der Waals surface area contributed by atoms with E-state index in [1.54, 1.807) is 35.0 Å². The lowest BCUT2D eigenvalue weighted by molar-refractivity contribution is -0.146. The first-order valence-corrected chi connectivity index (χ1v) is 16.1. The minimum absolute atomic E-state index is 0.0279. The van der Waals surface area contributed by atoms with Gasteiger partial charge in [0.25, 0.3) is 5.91 Å². The predicted octanol–water partition coefficient (Wildman–Crippen LogP) is 3.98. The summed E-state index contributed by atoms with van der Waals surface area (Å²) < 4.78 is 22.1. The fraction of sp³-hybridized carbons (Fsp3) is 0.481. The van der Waals surface area contributed by atoms with Crippen molar-refractivity contribution < 1.29 is 23.5 Å². The monoisotopic (exact) mass is 545 g/mol. The number of anilines is 2. The largest absolute Gasteiger partial charge is 0.396 e. The van der Waals surface area contributed by atoms with Gasteiger partial charge < -0.3 is 29.1 Å². The maximum absolute atomic E-state index is 15.6. The number of aliphatic hydroxyl groups is 1. The summed E-state index contributed by atoms with van der Waals surface area (Å²) in [4.78, 5) is 29.9. The van der Waals surface area contributed by atoms with Crippen molar-refractivity contribution in [2.24, 2.45) is 5.92 Å². The predicted molar refractivity (Wildman–Crippen MR) is 144 cm³/mol. The van der Waals surface area contributed by atoms with Crippen molar-refractivity contribution in [3.63, 3.8) is 0 Å². The Kier molecular flexibility index (Phi) is 6.95. The second-order valence-corrected chi connectivity index (χ2v) is 15.0. The molecule has 0 aromatic heterocycles. The number of ether oxygens (including phenoxy) is 1. The van der Waals surface area contributed by atoms with Gasteiger partial charge in [-0.25, -0.2) is 0 Å². The molecule has 2 saturated heterocycles. The van der Waals surface area contributed by atoms with Crippen molar-refractivity contribution in [1.29, 1.82) is 0 Å². The highest BCUT2D eigenvalue weighted by atomic mass is 35.5. The molecule has 2 N–H and O–H groups in total. The number of carbonyl (C=O) groups is 2. The fourth-order valence-corrected chi connectivity index (χ4v) is 9.13. The Bertz CT molecular complexity index is 1210. The summed E-state index contributed by atoms with van der Waals surface area (Å²) in [5, 5.41) is 13.2. The van der Waals surface area contributed by atoms with Crippen molar-refractivity contribution in [3.05, 3.63) is 58.6 Å². The minimum Gasteiger partial charge on any atom is -0.396 e. The van der Waals surface area contributed by atoms with Crippen molar-refractivity contribution in [2.45, 2.75) is 50.2 Å². The van der Waals surface area contributed by atoms with Gasteiger partial charge in [-0.15, -0.1) is 0 Å². The van der Waals surface area contributed by atoms with E-state index in [1.807, 2.05) is 37.3 Å². The average molecular weight is 546 g/mol. The SMILES string of the molecule is C[C@@H]1[C@@H]([Si](C)(C)F)[C@H](CCO)O[C@@]12C(=O)N(Cc1ccc(N3CCNCC3=O)cc1)c1ccc(Cl)cc12. The van der Waals surface area contributed by atoms with Crippen LogP contribution in [-0.4, -0.2) is 57.7 Å². The zero-order valence-electron chi connectivity index (χ0n) is 21.3. The Morgan fingerprint density at radius 1 is 1.22 bits per heavy atom. The number of nitrogens with one attached hydrogen (secondary N) is 1. The second-order valence-electron chi connectivity index (χ2n) is 10.7. The third-order valence-electron chi connectivity index (χ3n) is 8.01. The van der Waals surface area contributed by atoms with E-state index in [1.165, 1.54) is 0 Å². The number of carbonyl (C=O) groups excluding carboxylic acids is 2. The van der Waals surface area contributed by atoms with E-state index < -0.39 is 31.6 Å². The van der Waals surface area contributed by atoms with Gasteiger partial charge in [0.15, 0.2) is 5.60 Å². The number of piperazine rings is 1. The first-order valence-electron chi connectivity index (χ1n) is 12.8. The van der Waals surface area contributed by atoms with Crippen LogP contribution in [0.5, 0.6) is 0 Å². The zero-order valence-corrected chi connectivity index (χ0v) is 23.1. The van der Waals surface area contributed by atoms with E-state index in [-0.39, 0.29) is 24.8 Å². The Morgan fingerprint density at radius 3 is 2.59 bits per heavy atom. The van der Waals surface area contributed by atoms with Crippen LogP contribution in [0.2, 0.25) is 23.7 Å². The first kappa shape index (κ1) is 26.3. The van der Waals surface area contributed by atoms with Crippen LogP contribution in [0.3, 0.4) is 0 Å². The van der Waals surface area contributed by atoms with Crippen molar-refractivity contribution in [3.8, 4) is 0 Å². The van der Waals surface area contributed by atoms with E-state index in [9.17, 15) is 14.7 Å². The number of halogens is 2. The number of nitrogens with zero attached hydrogens (tertiary/aromatic N) is 2. The van der Waals surface area contributed by atoms with Crippen LogP contribution >= 0.6 is 11.6 Å². The van der Waals surface area contributed by atoms with E-state index in [0.717, 1.165) is 17.8 Å². The first-order chi connectivity index (χ1) is 17.6. The molecule has 198 valence electrons. The maximum Gasteiger partial charge on any atom is 0.264 e. The lowest BCUT2D eigenvalue weighted by Gasteiger charge is -2.31. The number of benzene rings is 2. The highest BCUT2D eigenvalue weighted by Crippen LogP contribution is 2.60. The van der Waals surface area contributed by atoms with Crippen LogP contribution in [0.4, 0.5) is 15.5 Å². The standard InChI is InChI=1S/C27H33ClFN3O4Si/c1-17-25(37(2,3)29)23(10-13-33)36-27(17)21-14-19(28)6-9-22(21)32(26(27)35)16-18-4-7-20(8-5-18)31-12-11-30-15-24(31)34/h4-9,14,17,23,25,30,33H,10-13,15-16H2,1-3H3/t17-,23+,25-,27+/m1/s1. The van der Waals surface area contributed by atoms with Crippen molar-refractivity contribution in [2.75, 3.05) is 36.0 Å². The summed E-state index contributed by atoms with van der Waals surface area (Å²) >= 11 is 6.39. The normalized spacial score (nSPS) is 27.9. The van der Waals surface area contributed by atoms with E-state index in [0.29, 0.717) is 35.9 Å². The van der Waals surface area contributed by atoms with Gasteiger partial charge in [-0.3, -0.25) is 9.59 Å². The molecule has 0 radical (unpaired) electrons. The number of hydrogen-bond acceptors (Lipinski definition) is 5. The number of rotatable bonds is 6. The van der Waals surface area contributed by atoms with Gasteiger partial charge in [0, 0.05) is 47.4 Å². The number of hydrogen-bond donors (Lipinski definition) is 2. The molecule has 1 spiro atoms. The van der Waals surface area contributed by atoms with Gasteiger partial charge in [-0.05, 0) is 55.4 Å². The minimum atomic E-state index is -3.25. The second kappa shape index (κ2) is 9.78. The highest BCUT2D eigenvalue weighted by Gasteiger charge is 2.66. The Labute approximate surface area is 222 Å². The van der Waals surface area contributed by atoms with E-state index in [4.69, 9.17) is 16.3 Å². The zero-order chi connectivity index (χ0) is 26.5. The number of fused-ring (bicyclic) bond motifs is 2. The molecule has 2 amide bonds. The smallest absolute Gasteiger partial charge is 0.264 e. The molecule has 0 unspecified atom stereocenters. The average Bonchev–Trinajstić information content (AvgIpc) is 3.27. The van der Waals surface area contributed by atoms with Gasteiger partial charge in [-0.1, -0.05) is 30.7 Å². The molecule has 2 fully saturated rings. The lowest BCUT2D eigenvalue weighted by Crippen LogP contribution is -2.48. The molecular formula is C27H33ClFN3O4Si. The van der Waals surface area contributed by atoms with Gasteiger partial charge >= 0.3 is 0 Å². The molecule has 4 atom stereocenters. The molecular weight excluding hydrogens is 513 g/mol. The van der Waals surface area contributed by atoms with E-state index in [2.05, 4.69) is 5.32 Å². The summed E-state index contributed by atoms with van der Waals surface area (Å²) in [5.41, 5.74) is 1.27. The summed E-state index contributed by atoms with van der Waals surface area (Å²) in [6.07, 6.45) is -0.287. The fourth-order valence-electron chi connectivity index (χ4n) is 6.42. The number of amides is 2. The quantitative estimate of drug-likeness (QED) is 0.424. The number of aliphatic hydroxyl groups excluding tert-OH is 1. The molecule has 3 heterocycles. The molecule has 7 nitrogen and oxygen atoms in total. The van der Waals surface area contributed by atoms with Gasteiger partial charge in [-0.2, -0.15) is 0 Å². The molecule has 37 heavy (non-hydrogen) atoms. The van der Waals surface area contributed by atoms with Crippen LogP contribution in [-0.2, 0) is 26.5 Å². The van der Waals surface area contributed by atoms with Crippen molar-refractivity contribution in [1.82, 2.24) is 5.32 Å². The lowest BCUT2D eigenvalue weighted by atomic mass is 9.82. The topological polar surface area (TPSA) is 82.1 Å². The highest BCUT2D eigenvalue weighted by molar-refractivity contribution is 6.72. The molecule has 2 aromatic rings. The van der Waals surface area contributed by atoms with Crippen LogP contribution in [0.15, 0.2) is 42.5 Å². The van der Waals surface area contributed by atoms with Crippen LogP contribution in [0.25, 0.3) is 0 Å². The molecule has 5 rings (SSSR count). The summed E-state index contributed by atoms with van der Waals surface area (Å²) in [5.74, 6) is -0.631. The molecule has 3 aliphatic heterocycles. The Morgan fingerprint density at radius 2 is 1.95 bits per heavy atom. The Balaban J connectivity index is 1.49. The van der Waals surface area contributed by atoms with Gasteiger partial charge in [0.05, 0.1) is 24.9 Å². The molecule has 2 aromatic carbocycles. The van der Waals surface area contributed by atoms with Crippen LogP contribution in [0.1, 0.15) is 24.5 Å². The Hall–Kier alpha value is -2.30. The molecule has 0 aliphatic carbocycles. The van der Waals surface area contributed by atoms with Gasteiger partial charge in [0.2, 0.25) is 14.3 Å². The molecule has 0 bridgehead atoms. The summed E-state index contributed by atoms with van der Waals surface area (Å²) in [7, 11) is -3.25.